The zero-order valence-electron chi connectivity index (χ0n) is 8.36. The number of aliphatic hydroxyl groups excluding tert-OH is 1. The predicted octanol–water partition coefficient (Wildman–Crippen LogP) is -1.30. The van der Waals surface area contributed by atoms with Crippen LogP contribution in [0, 0.1) is 0 Å². The van der Waals surface area contributed by atoms with E-state index in [2.05, 4.69) is 9.97 Å². The highest BCUT2D eigenvalue weighted by Gasteiger charge is 2.19. The van der Waals surface area contributed by atoms with Crippen molar-refractivity contribution in [3.63, 3.8) is 0 Å². The molecule has 0 radical (unpaired) electrons. The number of rotatable bonds is 2. The maximum Gasteiger partial charge on any atom is 0.257 e. The minimum Gasteiger partial charge on any atom is -0.395 e. The molecular weight excluding hydrogens is 196 g/mol. The van der Waals surface area contributed by atoms with E-state index >= 15 is 0 Å². The number of aromatic amines is 1. The zero-order chi connectivity index (χ0) is 10.8. The molecule has 1 aromatic rings. The molecule has 82 valence electrons. The van der Waals surface area contributed by atoms with E-state index < -0.39 is 0 Å². The Morgan fingerprint density at radius 1 is 1.60 bits per heavy atom. The molecule has 15 heavy (non-hydrogen) atoms. The Kier molecular flexibility index (Phi) is 2.70. The van der Waals surface area contributed by atoms with E-state index in [0.717, 1.165) is 12.2 Å². The smallest absolute Gasteiger partial charge is 0.257 e. The predicted molar refractivity (Wildman–Crippen MR) is 55.3 cm³/mol. The van der Waals surface area contributed by atoms with Gasteiger partial charge in [-0.25, -0.2) is 4.98 Å². The first-order chi connectivity index (χ1) is 7.20. The first kappa shape index (κ1) is 10.1. The SMILES string of the molecule is Nc1nc2c(c(=O)[nH]1)CN(CCO)CC2. The second kappa shape index (κ2) is 4.00. The summed E-state index contributed by atoms with van der Waals surface area (Å²) in [6.45, 7) is 2.04. The number of aromatic nitrogens is 2. The maximum absolute atomic E-state index is 11.6. The number of hydrogen-bond donors (Lipinski definition) is 3. The Labute approximate surface area is 86.7 Å². The Bertz CT molecular complexity index is 415. The van der Waals surface area contributed by atoms with E-state index in [1.165, 1.54) is 0 Å². The molecular formula is C9H14N4O2. The van der Waals surface area contributed by atoms with Crippen molar-refractivity contribution in [3.05, 3.63) is 21.6 Å². The van der Waals surface area contributed by atoms with Crippen molar-refractivity contribution < 1.29 is 5.11 Å². The highest BCUT2D eigenvalue weighted by atomic mass is 16.3. The van der Waals surface area contributed by atoms with Crippen molar-refractivity contribution in [1.29, 1.82) is 0 Å². The number of nitrogen functional groups attached to an aromatic ring is 1. The molecule has 0 bridgehead atoms. The molecule has 0 spiro atoms. The lowest BCUT2D eigenvalue weighted by molar-refractivity contribution is 0.183. The van der Waals surface area contributed by atoms with Crippen LogP contribution in [-0.4, -0.2) is 39.7 Å². The topological polar surface area (TPSA) is 95.2 Å². The van der Waals surface area contributed by atoms with Crippen LogP contribution in [0.15, 0.2) is 4.79 Å². The molecule has 1 aliphatic rings. The van der Waals surface area contributed by atoms with E-state index in [4.69, 9.17) is 10.8 Å². The molecule has 6 heteroatoms. The second-order valence-electron chi connectivity index (χ2n) is 3.63. The van der Waals surface area contributed by atoms with Crippen molar-refractivity contribution in [3.8, 4) is 0 Å². The third-order valence-corrected chi connectivity index (χ3v) is 2.58. The summed E-state index contributed by atoms with van der Waals surface area (Å²) >= 11 is 0. The minimum atomic E-state index is -0.167. The lowest BCUT2D eigenvalue weighted by atomic mass is 10.1. The van der Waals surface area contributed by atoms with Gasteiger partial charge in [-0.3, -0.25) is 14.7 Å². The summed E-state index contributed by atoms with van der Waals surface area (Å²) in [4.78, 5) is 20.2. The van der Waals surface area contributed by atoms with Gasteiger partial charge in [-0.05, 0) is 0 Å². The first-order valence-electron chi connectivity index (χ1n) is 4.91. The standard InChI is InChI=1S/C9H14N4O2/c10-9-11-7-1-2-13(3-4-14)5-6(7)8(15)12-9/h14H,1-5H2,(H3,10,11,12,15). The lowest BCUT2D eigenvalue weighted by Gasteiger charge is -2.26. The Morgan fingerprint density at radius 3 is 3.13 bits per heavy atom. The van der Waals surface area contributed by atoms with Crippen molar-refractivity contribution >= 4 is 5.95 Å². The molecule has 0 aromatic carbocycles. The molecule has 0 amide bonds. The molecule has 0 atom stereocenters. The van der Waals surface area contributed by atoms with E-state index in [1.54, 1.807) is 0 Å². The molecule has 1 aliphatic heterocycles. The normalized spacial score (nSPS) is 16.3. The summed E-state index contributed by atoms with van der Waals surface area (Å²) in [5, 5.41) is 8.82. The van der Waals surface area contributed by atoms with Gasteiger partial charge in [-0.15, -0.1) is 0 Å². The third kappa shape index (κ3) is 2.00. The number of aliphatic hydroxyl groups is 1. The number of nitrogens with one attached hydrogen (secondary N) is 1. The van der Waals surface area contributed by atoms with Gasteiger partial charge in [0.05, 0.1) is 17.9 Å². The van der Waals surface area contributed by atoms with E-state index in [9.17, 15) is 4.79 Å². The van der Waals surface area contributed by atoms with Gasteiger partial charge in [0.1, 0.15) is 0 Å². The fourth-order valence-corrected chi connectivity index (χ4v) is 1.83. The van der Waals surface area contributed by atoms with Crippen LogP contribution in [0.2, 0.25) is 0 Å². The Hall–Kier alpha value is -1.40. The second-order valence-corrected chi connectivity index (χ2v) is 3.63. The monoisotopic (exact) mass is 210 g/mol. The highest BCUT2D eigenvalue weighted by molar-refractivity contribution is 5.27. The van der Waals surface area contributed by atoms with Gasteiger partial charge in [0.25, 0.3) is 5.56 Å². The summed E-state index contributed by atoms with van der Waals surface area (Å²) in [5.74, 6) is 0.175. The van der Waals surface area contributed by atoms with E-state index in [1.807, 2.05) is 4.90 Å². The van der Waals surface area contributed by atoms with Crippen molar-refractivity contribution in [2.45, 2.75) is 13.0 Å². The van der Waals surface area contributed by atoms with Crippen LogP contribution in [0.3, 0.4) is 0 Å². The largest absolute Gasteiger partial charge is 0.395 e. The molecule has 2 rings (SSSR count). The molecule has 2 heterocycles. The summed E-state index contributed by atoms with van der Waals surface area (Å²) in [6.07, 6.45) is 0.712. The summed E-state index contributed by atoms with van der Waals surface area (Å²) in [7, 11) is 0. The van der Waals surface area contributed by atoms with Gasteiger partial charge in [-0.1, -0.05) is 0 Å². The molecule has 0 aliphatic carbocycles. The molecule has 1 aromatic heterocycles. The molecule has 0 saturated heterocycles. The Morgan fingerprint density at radius 2 is 2.40 bits per heavy atom. The summed E-state index contributed by atoms with van der Waals surface area (Å²) < 4.78 is 0. The average molecular weight is 210 g/mol. The van der Waals surface area contributed by atoms with Crippen molar-refractivity contribution in [1.82, 2.24) is 14.9 Å². The number of nitrogens with zero attached hydrogens (tertiary/aromatic N) is 2. The van der Waals surface area contributed by atoms with Gasteiger partial charge in [0.15, 0.2) is 0 Å². The van der Waals surface area contributed by atoms with Gasteiger partial charge in [0.2, 0.25) is 5.95 Å². The van der Waals surface area contributed by atoms with Crippen LogP contribution in [0.5, 0.6) is 0 Å². The van der Waals surface area contributed by atoms with Crippen LogP contribution in [0.25, 0.3) is 0 Å². The number of anilines is 1. The van der Waals surface area contributed by atoms with Crippen molar-refractivity contribution in [2.75, 3.05) is 25.4 Å². The van der Waals surface area contributed by atoms with Gasteiger partial charge in [0, 0.05) is 26.1 Å². The van der Waals surface area contributed by atoms with Crippen LogP contribution in [0.1, 0.15) is 11.3 Å². The van der Waals surface area contributed by atoms with Crippen LogP contribution in [0.4, 0.5) is 5.95 Å². The maximum atomic E-state index is 11.6. The minimum absolute atomic E-state index is 0.107. The molecule has 0 unspecified atom stereocenters. The van der Waals surface area contributed by atoms with Crippen LogP contribution in [-0.2, 0) is 13.0 Å². The Balaban J connectivity index is 2.29. The van der Waals surface area contributed by atoms with Crippen molar-refractivity contribution in [2.24, 2.45) is 0 Å². The quantitative estimate of drug-likeness (QED) is 0.564. The number of hydrogen-bond acceptors (Lipinski definition) is 5. The number of β-amino-alcohol motifs (C(OH)–C–C–N with tert-alkyl or cyclic N) is 1. The van der Waals surface area contributed by atoms with E-state index in [0.29, 0.717) is 25.1 Å². The van der Waals surface area contributed by atoms with Gasteiger partial charge < -0.3 is 10.8 Å². The number of fused-ring (bicyclic) bond motifs is 1. The number of nitrogens with two attached hydrogens (primary N) is 1. The average Bonchev–Trinajstić information content (AvgIpc) is 2.19. The molecule has 4 N–H and O–H groups in total. The van der Waals surface area contributed by atoms with E-state index in [-0.39, 0.29) is 18.1 Å². The summed E-state index contributed by atoms with van der Waals surface area (Å²) in [6, 6.07) is 0. The molecule has 0 fully saturated rings. The molecule has 0 saturated carbocycles. The number of H-pyrrole nitrogens is 1. The third-order valence-electron chi connectivity index (χ3n) is 2.58. The zero-order valence-corrected chi connectivity index (χ0v) is 8.36. The van der Waals surface area contributed by atoms with Gasteiger partial charge in [-0.2, -0.15) is 0 Å². The van der Waals surface area contributed by atoms with Gasteiger partial charge >= 0.3 is 0 Å². The highest BCUT2D eigenvalue weighted by Crippen LogP contribution is 2.13. The fourth-order valence-electron chi connectivity index (χ4n) is 1.83. The lowest BCUT2D eigenvalue weighted by Crippen LogP contribution is -2.37. The fraction of sp³-hybridized carbons (Fsp3) is 0.556. The first-order valence-corrected chi connectivity index (χ1v) is 4.91. The van der Waals surface area contributed by atoms with Crippen LogP contribution < -0.4 is 11.3 Å². The summed E-state index contributed by atoms with van der Waals surface area (Å²) in [5.41, 5.74) is 6.74. The molecule has 6 nitrogen and oxygen atoms in total. The van der Waals surface area contributed by atoms with Crippen LogP contribution >= 0.6 is 0 Å².